The molecular weight excluding hydrogens is 200 g/mol. The molecule has 1 aliphatic heterocycles. The van der Waals surface area contributed by atoms with Crippen LogP contribution in [0, 0.1) is 0 Å². The molecule has 1 N–H and O–H groups in total. The highest BCUT2D eigenvalue weighted by molar-refractivity contribution is 6.31. The molecule has 14 heavy (non-hydrogen) atoms. The summed E-state index contributed by atoms with van der Waals surface area (Å²) >= 11 is 6.00. The molecule has 0 spiro atoms. The topological polar surface area (TPSA) is 42.0 Å². The molecule has 1 unspecified atom stereocenters. The minimum atomic E-state index is -0.120. The van der Waals surface area contributed by atoms with Crippen LogP contribution in [0.4, 0.5) is 0 Å². The van der Waals surface area contributed by atoms with Gasteiger partial charge in [0.25, 0.3) is 0 Å². The lowest BCUT2D eigenvalue weighted by Gasteiger charge is -2.22. The van der Waals surface area contributed by atoms with Crippen LogP contribution in [0.1, 0.15) is 17.9 Å². The predicted molar refractivity (Wildman–Crippen MR) is 54.5 cm³/mol. The van der Waals surface area contributed by atoms with Gasteiger partial charge in [0.1, 0.15) is 5.78 Å². The summed E-state index contributed by atoms with van der Waals surface area (Å²) < 4.78 is 0. The average molecular weight is 211 g/mol. The number of aromatic nitrogens is 1. The second-order valence-electron chi connectivity index (χ2n) is 3.37. The van der Waals surface area contributed by atoms with Crippen molar-refractivity contribution in [3.63, 3.8) is 0 Å². The molecule has 74 valence electrons. The van der Waals surface area contributed by atoms with Gasteiger partial charge in [0, 0.05) is 42.5 Å². The van der Waals surface area contributed by atoms with E-state index in [9.17, 15) is 4.79 Å². The first-order valence-electron chi connectivity index (χ1n) is 4.62. The molecule has 1 fully saturated rings. The summed E-state index contributed by atoms with van der Waals surface area (Å²) in [4.78, 5) is 15.6. The maximum absolute atomic E-state index is 11.6. The summed E-state index contributed by atoms with van der Waals surface area (Å²) in [6, 6.07) is 1.72. The highest BCUT2D eigenvalue weighted by Crippen LogP contribution is 2.25. The Kier molecular flexibility index (Phi) is 2.79. The van der Waals surface area contributed by atoms with E-state index in [0.717, 1.165) is 12.1 Å². The Balaban J connectivity index is 2.29. The Labute approximate surface area is 87.5 Å². The fourth-order valence-corrected chi connectivity index (χ4v) is 1.91. The van der Waals surface area contributed by atoms with Crippen LogP contribution < -0.4 is 5.32 Å². The van der Waals surface area contributed by atoms with Gasteiger partial charge in [0.2, 0.25) is 0 Å². The summed E-state index contributed by atoms with van der Waals surface area (Å²) in [7, 11) is 0. The second kappa shape index (κ2) is 4.07. The third-order valence-electron chi connectivity index (χ3n) is 2.46. The van der Waals surface area contributed by atoms with E-state index in [1.54, 1.807) is 18.5 Å². The summed E-state index contributed by atoms with van der Waals surface area (Å²) in [6.07, 6.45) is 3.89. The highest BCUT2D eigenvalue weighted by Gasteiger charge is 2.25. The Morgan fingerprint density at radius 1 is 1.57 bits per heavy atom. The number of nitrogens with one attached hydrogen (secondary N) is 1. The van der Waals surface area contributed by atoms with Gasteiger partial charge in [-0.05, 0) is 6.07 Å². The van der Waals surface area contributed by atoms with E-state index in [-0.39, 0.29) is 11.7 Å². The molecule has 0 amide bonds. The van der Waals surface area contributed by atoms with Crippen molar-refractivity contribution in [3.8, 4) is 0 Å². The summed E-state index contributed by atoms with van der Waals surface area (Å²) in [5.41, 5.74) is 0.839. The number of piperidine rings is 1. The lowest BCUT2D eigenvalue weighted by atomic mass is 9.91. The number of carbonyl (C=O) groups excluding carboxylic acids is 1. The largest absolute Gasteiger partial charge is 0.315 e. The third kappa shape index (κ3) is 1.79. The number of hydrogen-bond donors (Lipinski definition) is 1. The zero-order valence-electron chi connectivity index (χ0n) is 7.66. The number of pyridine rings is 1. The minimum absolute atomic E-state index is 0.120. The standard InChI is InChI=1S/C10H11ClN2O/c11-9-1-3-12-5-7(9)8-6-13-4-2-10(8)14/h1,3,5,8,13H,2,4,6H2. The monoisotopic (exact) mass is 210 g/mol. The molecule has 1 aliphatic rings. The molecule has 0 radical (unpaired) electrons. The van der Waals surface area contributed by atoms with E-state index < -0.39 is 0 Å². The summed E-state index contributed by atoms with van der Waals surface area (Å²) in [6.45, 7) is 1.44. The van der Waals surface area contributed by atoms with Gasteiger partial charge in [-0.2, -0.15) is 0 Å². The number of rotatable bonds is 1. The Morgan fingerprint density at radius 2 is 2.43 bits per heavy atom. The zero-order chi connectivity index (χ0) is 9.97. The molecule has 1 aromatic rings. The van der Waals surface area contributed by atoms with Gasteiger partial charge in [-0.3, -0.25) is 9.78 Å². The van der Waals surface area contributed by atoms with Gasteiger partial charge in [-0.25, -0.2) is 0 Å². The Hall–Kier alpha value is -0.930. The lowest BCUT2D eigenvalue weighted by Crippen LogP contribution is -2.35. The molecule has 2 rings (SSSR count). The second-order valence-corrected chi connectivity index (χ2v) is 3.78. The van der Waals surface area contributed by atoms with Crippen molar-refractivity contribution in [1.82, 2.24) is 10.3 Å². The molecule has 0 saturated carbocycles. The number of carbonyl (C=O) groups is 1. The van der Waals surface area contributed by atoms with Gasteiger partial charge < -0.3 is 5.32 Å². The molecule has 1 aromatic heterocycles. The molecule has 1 saturated heterocycles. The molecule has 0 aromatic carbocycles. The van der Waals surface area contributed by atoms with Crippen LogP contribution in [0.15, 0.2) is 18.5 Å². The SMILES string of the molecule is O=C1CCNCC1c1cnccc1Cl. The van der Waals surface area contributed by atoms with Crippen molar-refractivity contribution in [2.45, 2.75) is 12.3 Å². The van der Waals surface area contributed by atoms with Crippen molar-refractivity contribution in [3.05, 3.63) is 29.0 Å². The quantitative estimate of drug-likeness (QED) is 0.762. The summed E-state index contributed by atoms with van der Waals surface area (Å²) in [5.74, 6) is 0.128. The van der Waals surface area contributed by atoms with Crippen LogP contribution in [-0.4, -0.2) is 23.9 Å². The van der Waals surface area contributed by atoms with Crippen molar-refractivity contribution in [2.24, 2.45) is 0 Å². The van der Waals surface area contributed by atoms with Crippen LogP contribution in [0.3, 0.4) is 0 Å². The molecule has 4 heteroatoms. The molecule has 0 bridgehead atoms. The van der Waals surface area contributed by atoms with Crippen LogP contribution in [0.2, 0.25) is 5.02 Å². The Bertz CT molecular complexity index is 354. The van der Waals surface area contributed by atoms with Gasteiger partial charge in [-0.1, -0.05) is 11.6 Å². The van der Waals surface area contributed by atoms with Gasteiger partial charge in [-0.15, -0.1) is 0 Å². The van der Waals surface area contributed by atoms with E-state index in [0.29, 0.717) is 18.0 Å². The first-order valence-corrected chi connectivity index (χ1v) is 4.99. The Morgan fingerprint density at radius 3 is 3.14 bits per heavy atom. The number of nitrogens with zero attached hydrogens (tertiary/aromatic N) is 1. The van der Waals surface area contributed by atoms with Crippen LogP contribution >= 0.6 is 11.6 Å². The number of halogens is 1. The van der Waals surface area contributed by atoms with Crippen molar-refractivity contribution >= 4 is 17.4 Å². The third-order valence-corrected chi connectivity index (χ3v) is 2.80. The zero-order valence-corrected chi connectivity index (χ0v) is 8.42. The fourth-order valence-electron chi connectivity index (χ4n) is 1.68. The number of Topliss-reactive ketones (excluding diaryl/α,β-unsaturated/α-hetero) is 1. The first-order chi connectivity index (χ1) is 6.79. The van der Waals surface area contributed by atoms with E-state index in [1.807, 2.05) is 0 Å². The average Bonchev–Trinajstić information content (AvgIpc) is 2.20. The van der Waals surface area contributed by atoms with E-state index >= 15 is 0 Å². The van der Waals surface area contributed by atoms with Crippen molar-refractivity contribution in [2.75, 3.05) is 13.1 Å². The van der Waals surface area contributed by atoms with E-state index in [2.05, 4.69) is 10.3 Å². The summed E-state index contributed by atoms with van der Waals surface area (Å²) in [5, 5.41) is 3.81. The molecule has 0 aliphatic carbocycles. The highest BCUT2D eigenvalue weighted by atomic mass is 35.5. The number of ketones is 1. The fraction of sp³-hybridized carbons (Fsp3) is 0.400. The molecule has 3 nitrogen and oxygen atoms in total. The predicted octanol–water partition coefficient (Wildman–Crippen LogP) is 1.38. The maximum Gasteiger partial charge on any atom is 0.142 e. The normalized spacial score (nSPS) is 22.4. The van der Waals surface area contributed by atoms with Crippen LogP contribution in [-0.2, 0) is 4.79 Å². The van der Waals surface area contributed by atoms with Gasteiger partial charge in [0.05, 0.1) is 5.92 Å². The molecule has 2 heterocycles. The van der Waals surface area contributed by atoms with Crippen molar-refractivity contribution in [1.29, 1.82) is 0 Å². The van der Waals surface area contributed by atoms with E-state index in [1.165, 1.54) is 0 Å². The van der Waals surface area contributed by atoms with Gasteiger partial charge >= 0.3 is 0 Å². The van der Waals surface area contributed by atoms with Crippen molar-refractivity contribution < 1.29 is 4.79 Å². The smallest absolute Gasteiger partial charge is 0.142 e. The molecule has 1 atom stereocenters. The van der Waals surface area contributed by atoms with Crippen LogP contribution in [0.25, 0.3) is 0 Å². The number of hydrogen-bond acceptors (Lipinski definition) is 3. The minimum Gasteiger partial charge on any atom is -0.315 e. The first kappa shape index (κ1) is 9.62. The maximum atomic E-state index is 11.6. The van der Waals surface area contributed by atoms with Gasteiger partial charge in [0.15, 0.2) is 0 Å². The molecular formula is C10H11ClN2O. The van der Waals surface area contributed by atoms with Crippen LogP contribution in [0.5, 0.6) is 0 Å². The lowest BCUT2D eigenvalue weighted by molar-refractivity contribution is -0.121. The van der Waals surface area contributed by atoms with E-state index in [4.69, 9.17) is 11.6 Å².